The number of nitrogens with zero attached hydrogens (tertiary/aromatic N) is 8. The van der Waals surface area contributed by atoms with Gasteiger partial charge in [-0.1, -0.05) is 6.07 Å². The van der Waals surface area contributed by atoms with Crippen molar-refractivity contribution in [2.24, 2.45) is 0 Å². The Kier molecular flexibility index (Phi) is 6.55. The first kappa shape index (κ1) is 25.8. The summed E-state index contributed by atoms with van der Waals surface area (Å²) in [7, 11) is 0. The zero-order valence-corrected chi connectivity index (χ0v) is 23.5. The predicted octanol–water partition coefficient (Wildman–Crippen LogP) is 4.36. The van der Waals surface area contributed by atoms with Gasteiger partial charge >= 0.3 is 0 Å². The molecule has 0 bridgehead atoms. The quantitative estimate of drug-likeness (QED) is 0.395. The van der Waals surface area contributed by atoms with Gasteiger partial charge in [-0.15, -0.1) is 0 Å². The number of imidazole rings is 1. The van der Waals surface area contributed by atoms with E-state index in [0.29, 0.717) is 13.2 Å². The Hall–Kier alpha value is -3.50. The van der Waals surface area contributed by atoms with E-state index in [0.717, 1.165) is 71.7 Å². The molecular weight excluding hydrogens is 492 g/mol. The monoisotopic (exact) mass is 530 g/mol. The molecule has 0 amide bonds. The third-order valence-corrected chi connectivity index (χ3v) is 8.00. The topological polar surface area (TPSA) is 99.0 Å². The van der Waals surface area contributed by atoms with Crippen LogP contribution in [0.4, 0.5) is 0 Å². The number of aryl methyl sites for hydroxylation is 1. The lowest BCUT2D eigenvalue weighted by Gasteiger charge is -2.42. The Balaban J connectivity index is 1.33. The molecule has 3 aromatic heterocycles. The van der Waals surface area contributed by atoms with E-state index in [9.17, 15) is 5.11 Å². The maximum atomic E-state index is 9.91. The summed E-state index contributed by atoms with van der Waals surface area (Å²) in [6.45, 7) is 13.6. The zero-order chi connectivity index (χ0) is 27.3. The molecule has 1 fully saturated rings. The average molecular weight is 531 g/mol. The van der Waals surface area contributed by atoms with Crippen LogP contribution >= 0.6 is 0 Å². The van der Waals surface area contributed by atoms with Crippen molar-refractivity contribution in [1.82, 2.24) is 39.0 Å². The highest BCUT2D eigenvalue weighted by molar-refractivity contribution is 5.74. The molecule has 10 heteroatoms. The summed E-state index contributed by atoms with van der Waals surface area (Å²) in [5.74, 6) is 3.23. The summed E-state index contributed by atoms with van der Waals surface area (Å²) in [5.41, 5.74) is 3.69. The van der Waals surface area contributed by atoms with E-state index < -0.39 is 0 Å². The van der Waals surface area contributed by atoms with Gasteiger partial charge in [0, 0.05) is 36.1 Å². The van der Waals surface area contributed by atoms with Crippen molar-refractivity contribution in [1.29, 1.82) is 0 Å². The van der Waals surface area contributed by atoms with Gasteiger partial charge in [0.05, 0.1) is 30.5 Å². The summed E-state index contributed by atoms with van der Waals surface area (Å²) in [5, 5.41) is 19.2. The lowest BCUT2D eigenvalue weighted by molar-refractivity contribution is 0.0246. The van der Waals surface area contributed by atoms with Gasteiger partial charge in [-0.25, -0.2) is 14.6 Å². The average Bonchev–Trinajstić information content (AvgIpc) is 3.65. The highest BCUT2D eigenvalue weighted by atomic mass is 16.5. The molecule has 206 valence electrons. The molecule has 1 N–H and O–H groups in total. The van der Waals surface area contributed by atoms with E-state index in [-0.39, 0.29) is 24.2 Å². The van der Waals surface area contributed by atoms with Gasteiger partial charge in [0.15, 0.2) is 5.82 Å². The molecule has 5 heterocycles. The normalized spacial score (nSPS) is 18.1. The molecule has 39 heavy (non-hydrogen) atoms. The van der Waals surface area contributed by atoms with Crippen molar-refractivity contribution in [2.45, 2.75) is 71.6 Å². The third kappa shape index (κ3) is 4.65. The van der Waals surface area contributed by atoms with Crippen molar-refractivity contribution in [2.75, 3.05) is 26.3 Å². The second-order valence-electron chi connectivity index (χ2n) is 11.6. The van der Waals surface area contributed by atoms with Gasteiger partial charge in [-0.2, -0.15) is 10.2 Å². The molecule has 0 aliphatic carbocycles. The van der Waals surface area contributed by atoms with Crippen molar-refractivity contribution in [3.05, 3.63) is 42.5 Å². The number of likely N-dealkylation sites (tertiary alicyclic amines) is 1. The number of rotatable bonds is 6. The number of aliphatic hydroxyl groups excluding tert-OH is 1. The predicted molar refractivity (Wildman–Crippen MR) is 150 cm³/mol. The van der Waals surface area contributed by atoms with E-state index in [1.807, 2.05) is 17.8 Å². The fourth-order valence-electron chi connectivity index (χ4n) is 5.75. The van der Waals surface area contributed by atoms with Gasteiger partial charge in [0.25, 0.3) is 0 Å². The minimum absolute atomic E-state index is 0.140. The summed E-state index contributed by atoms with van der Waals surface area (Å²) in [4.78, 5) is 12.1. The number of benzene rings is 1. The molecule has 4 aromatic rings. The van der Waals surface area contributed by atoms with Gasteiger partial charge in [0.2, 0.25) is 0 Å². The van der Waals surface area contributed by atoms with Crippen LogP contribution in [0.3, 0.4) is 0 Å². The summed E-state index contributed by atoms with van der Waals surface area (Å²) in [6, 6.07) is 8.88. The van der Waals surface area contributed by atoms with Crippen LogP contribution in [0.15, 0.2) is 36.7 Å². The number of hydrogen-bond acceptors (Lipinski definition) is 7. The number of fused-ring (bicyclic) bond motifs is 3. The molecule has 0 spiro atoms. The number of aliphatic hydroxyl groups is 1. The van der Waals surface area contributed by atoms with Crippen LogP contribution in [0.25, 0.3) is 34.2 Å². The van der Waals surface area contributed by atoms with Crippen molar-refractivity contribution >= 4 is 0 Å². The third-order valence-electron chi connectivity index (χ3n) is 8.00. The largest absolute Gasteiger partial charge is 0.491 e. The second kappa shape index (κ2) is 9.91. The maximum Gasteiger partial charge on any atom is 0.178 e. The van der Waals surface area contributed by atoms with Gasteiger partial charge < -0.3 is 14.4 Å². The number of aromatic nitrogens is 7. The Labute approximate surface area is 229 Å². The van der Waals surface area contributed by atoms with E-state index in [4.69, 9.17) is 14.8 Å². The van der Waals surface area contributed by atoms with Crippen LogP contribution in [0.1, 0.15) is 58.4 Å². The Morgan fingerprint density at radius 3 is 2.77 bits per heavy atom. The SMILES string of the molecule is Cc1nc(-c2cn3c(n2)-c2ccc(-c4ccnn4[C@H]4CCCN(C(C)(C)CO)C4)cc2OCC3)n(C(C)C)n1. The molecule has 6 rings (SSSR count). The lowest BCUT2D eigenvalue weighted by atomic mass is 9.97. The van der Waals surface area contributed by atoms with E-state index in [2.05, 4.69) is 82.4 Å². The minimum Gasteiger partial charge on any atom is -0.491 e. The maximum absolute atomic E-state index is 9.91. The highest BCUT2D eigenvalue weighted by Gasteiger charge is 2.32. The lowest BCUT2D eigenvalue weighted by Crippen LogP contribution is -2.51. The Morgan fingerprint density at radius 2 is 1.97 bits per heavy atom. The number of piperidine rings is 1. The first-order valence-electron chi connectivity index (χ1n) is 13.9. The molecule has 2 aliphatic rings. The van der Waals surface area contributed by atoms with Gasteiger partial charge in [0.1, 0.15) is 29.7 Å². The second-order valence-corrected chi connectivity index (χ2v) is 11.6. The molecule has 0 unspecified atom stereocenters. The van der Waals surface area contributed by atoms with Crippen LogP contribution in [-0.4, -0.2) is 75.9 Å². The summed E-state index contributed by atoms with van der Waals surface area (Å²) < 4.78 is 12.5. The molecular formula is C29H38N8O2. The van der Waals surface area contributed by atoms with Crippen molar-refractivity contribution in [3.8, 4) is 39.9 Å². The highest BCUT2D eigenvalue weighted by Crippen LogP contribution is 2.38. The first-order chi connectivity index (χ1) is 18.7. The fraction of sp³-hybridized carbons (Fsp3) is 0.517. The first-order valence-corrected chi connectivity index (χ1v) is 13.9. The van der Waals surface area contributed by atoms with Crippen molar-refractivity contribution in [3.63, 3.8) is 0 Å². The number of hydrogen-bond donors (Lipinski definition) is 1. The van der Waals surface area contributed by atoms with Crippen LogP contribution in [0.2, 0.25) is 0 Å². The van der Waals surface area contributed by atoms with E-state index >= 15 is 0 Å². The van der Waals surface area contributed by atoms with E-state index in [1.54, 1.807) is 0 Å². The number of ether oxygens (including phenoxy) is 1. The molecule has 10 nitrogen and oxygen atoms in total. The minimum atomic E-state index is -0.244. The standard InChI is InChI=1S/C29H38N8O2/c1-19(2)36-28(31-20(3)33-36)24-17-34-13-14-39-26-15-21(8-9-23(26)27(34)32-24)25-10-11-30-37(25)22-7-6-12-35(16-22)29(4,5)18-38/h8-11,15,17,19,22,38H,6-7,12-14,16,18H2,1-5H3/t22-/m0/s1. The van der Waals surface area contributed by atoms with Gasteiger partial charge in [-0.05, 0) is 72.2 Å². The van der Waals surface area contributed by atoms with E-state index in [1.165, 1.54) is 0 Å². The molecule has 1 aromatic carbocycles. The van der Waals surface area contributed by atoms with Crippen LogP contribution in [0.5, 0.6) is 5.75 Å². The van der Waals surface area contributed by atoms with Crippen LogP contribution in [-0.2, 0) is 6.54 Å². The Morgan fingerprint density at radius 1 is 1.13 bits per heavy atom. The molecule has 2 aliphatic heterocycles. The molecule has 1 atom stereocenters. The van der Waals surface area contributed by atoms with Crippen molar-refractivity contribution < 1.29 is 9.84 Å². The molecule has 1 saturated heterocycles. The summed E-state index contributed by atoms with van der Waals surface area (Å²) >= 11 is 0. The molecule has 0 saturated carbocycles. The zero-order valence-electron chi connectivity index (χ0n) is 23.5. The smallest absolute Gasteiger partial charge is 0.178 e. The molecule has 0 radical (unpaired) electrons. The van der Waals surface area contributed by atoms with Crippen LogP contribution in [0, 0.1) is 6.92 Å². The Bertz CT molecular complexity index is 1480. The summed E-state index contributed by atoms with van der Waals surface area (Å²) in [6.07, 6.45) is 6.08. The van der Waals surface area contributed by atoms with Gasteiger partial charge in [-0.3, -0.25) is 9.58 Å². The van der Waals surface area contributed by atoms with Crippen LogP contribution < -0.4 is 4.74 Å². The fourth-order valence-corrected chi connectivity index (χ4v) is 5.75.